The highest BCUT2D eigenvalue weighted by Crippen LogP contribution is 2.22. The van der Waals surface area contributed by atoms with Crippen LogP contribution < -0.4 is 20.8 Å². The summed E-state index contributed by atoms with van der Waals surface area (Å²) in [6.45, 7) is 2.22. The highest BCUT2D eigenvalue weighted by molar-refractivity contribution is 6.35. The first kappa shape index (κ1) is 24.2. The van der Waals surface area contributed by atoms with E-state index in [0.29, 0.717) is 33.6 Å². The minimum atomic E-state index is -0.834. The van der Waals surface area contributed by atoms with Gasteiger partial charge in [-0.15, -0.1) is 0 Å². The van der Waals surface area contributed by atoms with Gasteiger partial charge in [0.15, 0.2) is 6.61 Å². The van der Waals surface area contributed by atoms with E-state index in [9.17, 15) is 14.4 Å². The number of hydrogen-bond donors (Lipinski definition) is 3. The van der Waals surface area contributed by atoms with E-state index in [-0.39, 0.29) is 12.5 Å². The summed E-state index contributed by atoms with van der Waals surface area (Å²) >= 11 is 11.8. The third-order valence-electron chi connectivity index (χ3n) is 3.80. The van der Waals surface area contributed by atoms with Crippen molar-refractivity contribution in [1.29, 1.82) is 0 Å². The normalized spacial score (nSPS) is 10.5. The molecule has 0 radical (unpaired) electrons. The van der Waals surface area contributed by atoms with Crippen molar-refractivity contribution in [2.75, 3.05) is 18.5 Å². The quantitative estimate of drug-likeness (QED) is 0.228. The van der Waals surface area contributed by atoms with Crippen LogP contribution in [0.3, 0.4) is 0 Å². The van der Waals surface area contributed by atoms with Gasteiger partial charge in [-0.3, -0.25) is 14.4 Å². The third kappa shape index (κ3) is 9.06. The van der Waals surface area contributed by atoms with Gasteiger partial charge in [-0.1, -0.05) is 36.5 Å². The number of carbonyl (C=O) groups is 3. The Bertz CT molecular complexity index is 929. The molecule has 0 heterocycles. The zero-order valence-electron chi connectivity index (χ0n) is 16.8. The molecule has 0 unspecified atom stereocenters. The zero-order chi connectivity index (χ0) is 22.6. The molecule has 0 aromatic heterocycles. The first-order chi connectivity index (χ1) is 14.9. The number of anilines is 1. The molecule has 0 bridgehead atoms. The van der Waals surface area contributed by atoms with E-state index in [1.54, 1.807) is 42.5 Å². The van der Waals surface area contributed by atoms with Crippen LogP contribution >= 0.6 is 23.2 Å². The lowest BCUT2D eigenvalue weighted by Gasteiger charge is -2.08. The molecule has 0 atom stereocenters. The molecule has 10 heteroatoms. The smallest absolute Gasteiger partial charge is 0.329 e. The zero-order valence-corrected chi connectivity index (χ0v) is 18.3. The topological polar surface area (TPSA) is 109 Å². The number of nitrogens with one attached hydrogen (secondary N) is 3. The molecule has 0 saturated heterocycles. The van der Waals surface area contributed by atoms with E-state index < -0.39 is 11.8 Å². The van der Waals surface area contributed by atoms with Crippen molar-refractivity contribution in [1.82, 2.24) is 10.7 Å². The number of hydrogen-bond acceptors (Lipinski definition) is 5. The Hall–Kier alpha value is -3.10. The summed E-state index contributed by atoms with van der Waals surface area (Å²) in [5, 5.41) is 9.70. The molecule has 0 aliphatic rings. The van der Waals surface area contributed by atoms with Gasteiger partial charge in [0.1, 0.15) is 5.75 Å². The molecule has 0 spiro atoms. The lowest BCUT2D eigenvalue weighted by molar-refractivity contribution is -0.139. The molecule has 0 aliphatic heterocycles. The fourth-order valence-electron chi connectivity index (χ4n) is 2.30. The van der Waals surface area contributed by atoms with Crippen LogP contribution in [-0.2, 0) is 14.4 Å². The lowest BCUT2D eigenvalue weighted by Crippen LogP contribution is -2.38. The van der Waals surface area contributed by atoms with Crippen LogP contribution in [0.15, 0.2) is 47.6 Å². The van der Waals surface area contributed by atoms with E-state index >= 15 is 0 Å². The highest BCUT2D eigenvalue weighted by Gasteiger charge is 2.11. The Morgan fingerprint density at radius 3 is 2.35 bits per heavy atom. The summed E-state index contributed by atoms with van der Waals surface area (Å²) in [4.78, 5) is 35.1. The molecular formula is C21H22Cl2N4O4. The Morgan fingerprint density at radius 2 is 1.71 bits per heavy atom. The van der Waals surface area contributed by atoms with Crippen molar-refractivity contribution in [2.24, 2.45) is 5.10 Å². The molecule has 31 heavy (non-hydrogen) atoms. The number of unbranched alkanes of at least 4 members (excludes halogenated alkanes) is 1. The van der Waals surface area contributed by atoms with Crippen molar-refractivity contribution in [2.45, 2.75) is 19.8 Å². The molecule has 2 aromatic rings. The van der Waals surface area contributed by atoms with Gasteiger partial charge in [0.05, 0.1) is 6.21 Å². The standard InChI is InChI=1S/C21H22Cl2N4O4/c1-2-3-8-24-20(29)21(30)27-25-12-14-4-6-18(7-5-14)31-13-19(28)26-17-10-15(22)9-16(23)11-17/h4-7,9-12H,2-3,8,13H2,1H3,(H,24,29)(H,26,28)(H,27,30)/b25-12+. The fourth-order valence-corrected chi connectivity index (χ4v) is 2.82. The number of ether oxygens (including phenoxy) is 1. The van der Waals surface area contributed by atoms with Crippen LogP contribution in [0.25, 0.3) is 0 Å². The maximum absolute atomic E-state index is 12.0. The van der Waals surface area contributed by atoms with Gasteiger partial charge in [-0.25, -0.2) is 5.43 Å². The van der Waals surface area contributed by atoms with Crippen LogP contribution in [-0.4, -0.2) is 37.1 Å². The van der Waals surface area contributed by atoms with Crippen LogP contribution in [0.4, 0.5) is 5.69 Å². The monoisotopic (exact) mass is 464 g/mol. The van der Waals surface area contributed by atoms with Gasteiger partial charge in [0, 0.05) is 22.3 Å². The number of halogens is 2. The summed E-state index contributed by atoms with van der Waals surface area (Å²) in [5.41, 5.74) is 3.29. The Kier molecular flexibility index (Phi) is 9.80. The maximum Gasteiger partial charge on any atom is 0.329 e. The Morgan fingerprint density at radius 1 is 1.03 bits per heavy atom. The van der Waals surface area contributed by atoms with E-state index in [4.69, 9.17) is 27.9 Å². The molecule has 164 valence electrons. The molecule has 0 fully saturated rings. The largest absolute Gasteiger partial charge is 0.484 e. The summed E-state index contributed by atoms with van der Waals surface area (Å²) in [6, 6.07) is 11.4. The minimum Gasteiger partial charge on any atom is -0.484 e. The van der Waals surface area contributed by atoms with Gasteiger partial charge in [0.2, 0.25) is 0 Å². The minimum absolute atomic E-state index is 0.208. The van der Waals surface area contributed by atoms with Crippen LogP contribution in [0.2, 0.25) is 10.0 Å². The van der Waals surface area contributed by atoms with Gasteiger partial charge < -0.3 is 15.4 Å². The van der Waals surface area contributed by atoms with Crippen LogP contribution in [0.5, 0.6) is 5.75 Å². The Labute approximate surface area is 189 Å². The average molecular weight is 465 g/mol. The molecule has 8 nitrogen and oxygen atoms in total. The highest BCUT2D eigenvalue weighted by atomic mass is 35.5. The van der Waals surface area contributed by atoms with Crippen molar-refractivity contribution in [3.8, 4) is 5.75 Å². The van der Waals surface area contributed by atoms with E-state index in [1.165, 1.54) is 6.21 Å². The second-order valence-electron chi connectivity index (χ2n) is 6.37. The van der Waals surface area contributed by atoms with Crippen molar-refractivity contribution in [3.63, 3.8) is 0 Å². The molecule has 0 aliphatic carbocycles. The Balaban J connectivity index is 1.77. The van der Waals surface area contributed by atoms with Gasteiger partial charge in [-0.2, -0.15) is 5.10 Å². The predicted octanol–water partition coefficient (Wildman–Crippen LogP) is 3.38. The fraction of sp³-hybridized carbons (Fsp3) is 0.238. The predicted molar refractivity (Wildman–Crippen MR) is 121 cm³/mol. The van der Waals surface area contributed by atoms with Crippen molar-refractivity contribution < 1.29 is 19.1 Å². The van der Waals surface area contributed by atoms with Crippen LogP contribution in [0, 0.1) is 0 Å². The molecule has 3 amide bonds. The number of nitrogens with zero attached hydrogens (tertiary/aromatic N) is 1. The first-order valence-corrected chi connectivity index (χ1v) is 10.2. The van der Waals surface area contributed by atoms with E-state index in [1.807, 2.05) is 6.92 Å². The molecule has 2 rings (SSSR count). The first-order valence-electron chi connectivity index (χ1n) is 9.47. The SMILES string of the molecule is CCCCNC(=O)C(=O)N/N=C/c1ccc(OCC(=O)Nc2cc(Cl)cc(Cl)c2)cc1. The average Bonchev–Trinajstić information content (AvgIpc) is 2.72. The van der Waals surface area contributed by atoms with E-state index in [0.717, 1.165) is 12.8 Å². The van der Waals surface area contributed by atoms with Crippen molar-refractivity contribution >= 4 is 52.8 Å². The maximum atomic E-state index is 12.0. The van der Waals surface area contributed by atoms with Crippen LogP contribution in [0.1, 0.15) is 25.3 Å². The third-order valence-corrected chi connectivity index (χ3v) is 4.23. The number of amides is 3. The van der Waals surface area contributed by atoms with Gasteiger partial charge >= 0.3 is 11.8 Å². The molecular weight excluding hydrogens is 443 g/mol. The lowest BCUT2D eigenvalue weighted by atomic mass is 10.2. The summed E-state index contributed by atoms with van der Waals surface area (Å²) in [6.07, 6.45) is 3.10. The number of hydrazone groups is 1. The van der Waals surface area contributed by atoms with Crippen molar-refractivity contribution in [3.05, 3.63) is 58.1 Å². The molecule has 2 aromatic carbocycles. The number of rotatable bonds is 9. The molecule has 0 saturated carbocycles. The second-order valence-corrected chi connectivity index (χ2v) is 7.25. The van der Waals surface area contributed by atoms with E-state index in [2.05, 4.69) is 21.2 Å². The second kappa shape index (κ2) is 12.6. The van der Waals surface area contributed by atoms with Gasteiger partial charge in [-0.05, 0) is 54.4 Å². The molecule has 3 N–H and O–H groups in total. The number of carbonyl (C=O) groups excluding carboxylic acids is 3. The van der Waals surface area contributed by atoms with Gasteiger partial charge in [0.25, 0.3) is 5.91 Å². The summed E-state index contributed by atoms with van der Waals surface area (Å²) in [5.74, 6) is -1.47. The summed E-state index contributed by atoms with van der Waals surface area (Å²) < 4.78 is 5.43. The summed E-state index contributed by atoms with van der Waals surface area (Å²) in [7, 11) is 0. The number of benzene rings is 2.